The topological polar surface area (TPSA) is 78.9 Å². The summed E-state index contributed by atoms with van der Waals surface area (Å²) in [4.78, 5) is 36.6. The van der Waals surface area contributed by atoms with Gasteiger partial charge in [-0.1, -0.05) is 100.0 Å². The van der Waals surface area contributed by atoms with Crippen LogP contribution in [0.2, 0.25) is 0 Å². The second-order valence-electron chi connectivity index (χ2n) is 13.7. The van der Waals surface area contributed by atoms with Crippen LogP contribution in [0.1, 0.15) is 162 Å². The molecule has 1 aliphatic heterocycles. The Balaban J connectivity index is 1.70. The summed E-state index contributed by atoms with van der Waals surface area (Å²) in [6.07, 6.45) is 42.4. The molecule has 2 rings (SSSR count). The highest BCUT2D eigenvalue weighted by molar-refractivity contribution is 5.90. The fourth-order valence-corrected chi connectivity index (χ4v) is 6.13. The molecule has 0 saturated heterocycles. The first-order valence-electron chi connectivity index (χ1n) is 19.0. The van der Waals surface area contributed by atoms with E-state index in [1.165, 1.54) is 71.1 Å². The molecule has 0 N–H and O–H groups in total. The summed E-state index contributed by atoms with van der Waals surface area (Å²) in [5.74, 6) is -1.07. The summed E-state index contributed by atoms with van der Waals surface area (Å²) in [5.41, 5.74) is -0.729. The van der Waals surface area contributed by atoms with Gasteiger partial charge in [0.25, 0.3) is 0 Å². The van der Waals surface area contributed by atoms with E-state index in [0.29, 0.717) is 19.6 Å². The predicted molar refractivity (Wildman–Crippen MR) is 192 cm³/mol. The van der Waals surface area contributed by atoms with Gasteiger partial charge in [-0.15, -0.1) is 0 Å². The molecule has 2 aliphatic rings. The van der Waals surface area contributed by atoms with Crippen molar-refractivity contribution in [3.05, 3.63) is 48.6 Å². The molecule has 266 valence electrons. The summed E-state index contributed by atoms with van der Waals surface area (Å²) in [6.45, 7) is 4.11. The highest BCUT2D eigenvalue weighted by Crippen LogP contribution is 2.53. The number of fused-ring (bicyclic) bond motifs is 1. The molecule has 1 heterocycles. The Morgan fingerprint density at radius 1 is 0.617 bits per heavy atom. The number of ether oxygens (including phenoxy) is 3. The quantitative estimate of drug-likeness (QED) is 0.159. The van der Waals surface area contributed by atoms with Crippen molar-refractivity contribution in [1.82, 2.24) is 0 Å². The summed E-state index contributed by atoms with van der Waals surface area (Å²) < 4.78 is 16.6. The average molecular weight is 655 g/mol. The molecule has 6 heteroatoms. The van der Waals surface area contributed by atoms with Crippen LogP contribution in [-0.4, -0.2) is 37.2 Å². The number of allylic oxidation sites excluding steroid dienone is 8. The highest BCUT2D eigenvalue weighted by atomic mass is 16.5. The molecule has 1 saturated carbocycles. The number of carbonyl (C=O) groups excluding carboxylic acids is 3. The van der Waals surface area contributed by atoms with E-state index in [0.717, 1.165) is 77.0 Å². The molecule has 0 radical (unpaired) electrons. The Labute approximate surface area is 286 Å². The molecule has 0 aromatic rings. The molecule has 0 aromatic carbocycles. The minimum Gasteiger partial charge on any atom is -0.465 e. The molecular formula is C41H66O6. The summed E-state index contributed by atoms with van der Waals surface area (Å²) >= 11 is 0. The van der Waals surface area contributed by atoms with Gasteiger partial charge < -0.3 is 14.2 Å². The van der Waals surface area contributed by atoms with Crippen LogP contribution >= 0.6 is 0 Å². The fraction of sp³-hybridized carbons (Fsp3) is 0.732. The van der Waals surface area contributed by atoms with Crippen molar-refractivity contribution in [2.75, 3.05) is 13.2 Å². The van der Waals surface area contributed by atoms with E-state index < -0.39 is 5.41 Å². The number of hydrogen-bond acceptors (Lipinski definition) is 6. The van der Waals surface area contributed by atoms with Gasteiger partial charge >= 0.3 is 17.9 Å². The lowest BCUT2D eigenvalue weighted by atomic mass is 10.0. The molecule has 0 spiro atoms. The van der Waals surface area contributed by atoms with Crippen LogP contribution in [0.4, 0.5) is 0 Å². The van der Waals surface area contributed by atoms with Gasteiger partial charge in [0.1, 0.15) is 6.10 Å². The molecule has 3 unspecified atom stereocenters. The van der Waals surface area contributed by atoms with Gasteiger partial charge in [-0.3, -0.25) is 14.4 Å². The molecule has 0 bridgehead atoms. The maximum absolute atomic E-state index is 12.6. The van der Waals surface area contributed by atoms with Crippen LogP contribution in [-0.2, 0) is 28.6 Å². The van der Waals surface area contributed by atoms with Crippen molar-refractivity contribution in [3.63, 3.8) is 0 Å². The molecule has 47 heavy (non-hydrogen) atoms. The third kappa shape index (κ3) is 20.4. The van der Waals surface area contributed by atoms with E-state index in [2.05, 4.69) is 48.6 Å². The number of carbonyl (C=O) groups is 3. The Morgan fingerprint density at radius 2 is 1.04 bits per heavy atom. The Hall–Kier alpha value is -2.63. The van der Waals surface area contributed by atoms with E-state index in [9.17, 15) is 14.4 Å². The Kier molecular flexibility index (Phi) is 22.7. The van der Waals surface area contributed by atoms with E-state index in [1.807, 2.05) is 6.92 Å². The molecule has 0 amide bonds. The van der Waals surface area contributed by atoms with Crippen LogP contribution in [0.25, 0.3) is 0 Å². The van der Waals surface area contributed by atoms with Crippen molar-refractivity contribution in [2.24, 2.45) is 11.3 Å². The number of cyclic esters (lactones) is 2. The number of rotatable bonds is 1. The maximum atomic E-state index is 12.6. The van der Waals surface area contributed by atoms with Gasteiger partial charge in [0.2, 0.25) is 0 Å². The Bertz CT molecular complexity index is 978. The van der Waals surface area contributed by atoms with Crippen LogP contribution in [0, 0.1) is 11.3 Å². The van der Waals surface area contributed by atoms with Crippen molar-refractivity contribution >= 4 is 17.9 Å². The molecular weight excluding hydrogens is 588 g/mol. The largest absolute Gasteiger partial charge is 0.465 e. The van der Waals surface area contributed by atoms with Crippen molar-refractivity contribution in [3.8, 4) is 0 Å². The second-order valence-corrected chi connectivity index (χ2v) is 13.7. The lowest BCUT2D eigenvalue weighted by Crippen LogP contribution is -2.22. The first-order valence-corrected chi connectivity index (χ1v) is 19.0. The average Bonchev–Trinajstić information content (AvgIpc) is 3.75. The zero-order chi connectivity index (χ0) is 33.8. The summed E-state index contributed by atoms with van der Waals surface area (Å²) in [6, 6.07) is 0. The molecule has 0 aromatic heterocycles. The van der Waals surface area contributed by atoms with Gasteiger partial charge in [0, 0.05) is 6.92 Å². The van der Waals surface area contributed by atoms with Gasteiger partial charge in [-0.05, 0) is 103 Å². The van der Waals surface area contributed by atoms with Crippen LogP contribution in [0.15, 0.2) is 48.6 Å². The van der Waals surface area contributed by atoms with E-state index in [-0.39, 0.29) is 29.9 Å². The van der Waals surface area contributed by atoms with Gasteiger partial charge in [-0.25, -0.2) is 0 Å². The minimum absolute atomic E-state index is 0.0883. The van der Waals surface area contributed by atoms with Crippen molar-refractivity contribution in [1.29, 1.82) is 0 Å². The predicted octanol–water partition coefficient (Wildman–Crippen LogP) is 10.9. The maximum Gasteiger partial charge on any atom is 0.312 e. The standard InChI is InChI=1S/C41H66O6/c1-36(42)47-37-31-27-23-19-15-11-7-3-5-9-13-17-21-25-29-33-45-39(43)38-35-41(38,2)40(44)46-34-30-26-22-18-14-10-6-4-8-12-16-20-24-28-32-37/h5-6,9-10,17-18,21-22,37-38H,3-4,7-8,11-16,19-20,23-35H2,1-2H3. The van der Waals surface area contributed by atoms with E-state index >= 15 is 0 Å². The van der Waals surface area contributed by atoms with Gasteiger partial charge in [0.05, 0.1) is 24.5 Å². The third-order valence-electron chi connectivity index (χ3n) is 9.33. The fourth-order valence-electron chi connectivity index (χ4n) is 6.13. The number of esters is 3. The summed E-state index contributed by atoms with van der Waals surface area (Å²) in [7, 11) is 0. The molecule has 1 fully saturated rings. The monoisotopic (exact) mass is 654 g/mol. The van der Waals surface area contributed by atoms with E-state index in [1.54, 1.807) is 0 Å². The zero-order valence-electron chi connectivity index (χ0n) is 29.9. The lowest BCUT2D eigenvalue weighted by molar-refractivity contribution is -0.155. The SMILES string of the molecule is CC(=O)OC1CCCCCCCCC=CCC=CCCCOC(=O)C2CC2(C)C(=O)OCCCC=CCC=CCCCCCCCC1. The summed E-state index contributed by atoms with van der Waals surface area (Å²) in [5, 5.41) is 0. The first kappa shape index (κ1) is 40.5. The van der Waals surface area contributed by atoms with Crippen LogP contribution in [0.5, 0.6) is 0 Å². The third-order valence-corrected chi connectivity index (χ3v) is 9.33. The van der Waals surface area contributed by atoms with Crippen LogP contribution < -0.4 is 0 Å². The second kappa shape index (κ2) is 26.3. The lowest BCUT2D eigenvalue weighted by Gasteiger charge is -2.17. The smallest absolute Gasteiger partial charge is 0.312 e. The first-order chi connectivity index (χ1) is 22.9. The van der Waals surface area contributed by atoms with Crippen LogP contribution in [0.3, 0.4) is 0 Å². The van der Waals surface area contributed by atoms with Gasteiger partial charge in [0.15, 0.2) is 0 Å². The Morgan fingerprint density at radius 3 is 1.53 bits per heavy atom. The number of hydrogen-bond donors (Lipinski definition) is 0. The molecule has 6 nitrogen and oxygen atoms in total. The van der Waals surface area contributed by atoms with E-state index in [4.69, 9.17) is 14.2 Å². The van der Waals surface area contributed by atoms with Crippen molar-refractivity contribution < 1.29 is 28.6 Å². The minimum atomic E-state index is -0.729. The molecule has 1 aliphatic carbocycles. The molecule has 3 atom stereocenters. The van der Waals surface area contributed by atoms with Gasteiger partial charge in [-0.2, -0.15) is 0 Å². The zero-order valence-corrected chi connectivity index (χ0v) is 29.9. The normalized spacial score (nSPS) is 27.2. The van der Waals surface area contributed by atoms with Crippen molar-refractivity contribution in [2.45, 2.75) is 168 Å². The highest BCUT2D eigenvalue weighted by Gasteiger charge is 2.62.